The van der Waals surface area contributed by atoms with Crippen molar-refractivity contribution in [1.29, 1.82) is 0 Å². The Labute approximate surface area is 98.7 Å². The summed E-state index contributed by atoms with van der Waals surface area (Å²) in [5.41, 5.74) is 0.943. The number of aryl methyl sites for hydroxylation is 1. The Hall–Kier alpha value is -1.98. The molecule has 0 bridgehead atoms. The lowest BCUT2D eigenvalue weighted by Crippen LogP contribution is -2.05. The normalized spacial score (nSPS) is 10.5. The number of hydrogen-bond acceptors (Lipinski definition) is 4. The lowest BCUT2D eigenvalue weighted by molar-refractivity contribution is 0.591. The molecule has 0 saturated carbocycles. The molecule has 6 heteroatoms. The molecular formula is C11H14FN5. The molecular weight excluding hydrogens is 221 g/mol. The number of rotatable bonds is 4. The van der Waals surface area contributed by atoms with E-state index in [9.17, 15) is 4.39 Å². The number of nitrogens with zero attached hydrogens (tertiary/aromatic N) is 4. The van der Waals surface area contributed by atoms with Gasteiger partial charge in [0.2, 0.25) is 5.95 Å². The Balaban J connectivity index is 2.47. The van der Waals surface area contributed by atoms with Gasteiger partial charge in [-0.05, 0) is 12.5 Å². The number of nitrogens with one attached hydrogen (secondary N) is 1. The van der Waals surface area contributed by atoms with E-state index in [1.807, 2.05) is 6.92 Å². The molecule has 0 aliphatic carbocycles. The second-order valence-corrected chi connectivity index (χ2v) is 3.58. The van der Waals surface area contributed by atoms with Crippen molar-refractivity contribution in [2.75, 3.05) is 12.4 Å². The van der Waals surface area contributed by atoms with Gasteiger partial charge in [-0.1, -0.05) is 6.92 Å². The van der Waals surface area contributed by atoms with Gasteiger partial charge in [0.1, 0.15) is 5.69 Å². The third-order valence-corrected chi connectivity index (χ3v) is 2.36. The van der Waals surface area contributed by atoms with Crippen LogP contribution in [0.4, 0.5) is 10.3 Å². The molecule has 0 unspecified atom stereocenters. The van der Waals surface area contributed by atoms with Gasteiger partial charge in [-0.15, -0.1) is 0 Å². The van der Waals surface area contributed by atoms with Gasteiger partial charge in [-0.3, -0.25) is 4.68 Å². The molecule has 5 nitrogen and oxygen atoms in total. The zero-order valence-corrected chi connectivity index (χ0v) is 9.81. The van der Waals surface area contributed by atoms with E-state index in [0.717, 1.165) is 19.2 Å². The first kappa shape index (κ1) is 11.5. The van der Waals surface area contributed by atoms with Crippen molar-refractivity contribution in [1.82, 2.24) is 19.7 Å². The summed E-state index contributed by atoms with van der Waals surface area (Å²) in [4.78, 5) is 7.93. The fraction of sp³-hybridized carbons (Fsp3) is 0.364. The summed E-state index contributed by atoms with van der Waals surface area (Å²) in [6.45, 7) is 2.78. The summed E-state index contributed by atoms with van der Waals surface area (Å²) >= 11 is 0. The van der Waals surface area contributed by atoms with E-state index in [0.29, 0.717) is 11.6 Å². The number of anilines is 1. The lowest BCUT2D eigenvalue weighted by Gasteiger charge is -2.07. The summed E-state index contributed by atoms with van der Waals surface area (Å²) < 4.78 is 15.4. The SMILES string of the molecule is CCCn1nccc1-c1nc(NC)ncc1F. The van der Waals surface area contributed by atoms with Gasteiger partial charge in [0.15, 0.2) is 5.82 Å². The van der Waals surface area contributed by atoms with Crippen LogP contribution in [0.1, 0.15) is 13.3 Å². The molecule has 0 aliphatic heterocycles. The van der Waals surface area contributed by atoms with Crippen molar-refractivity contribution in [3.63, 3.8) is 0 Å². The first-order chi connectivity index (χ1) is 8.26. The van der Waals surface area contributed by atoms with Gasteiger partial charge < -0.3 is 5.32 Å². The molecule has 2 rings (SSSR count). The lowest BCUT2D eigenvalue weighted by atomic mass is 10.3. The monoisotopic (exact) mass is 235 g/mol. The summed E-state index contributed by atoms with van der Waals surface area (Å²) in [5.74, 6) is -0.0486. The summed E-state index contributed by atoms with van der Waals surface area (Å²) in [6.07, 6.45) is 3.74. The van der Waals surface area contributed by atoms with Crippen LogP contribution in [-0.2, 0) is 6.54 Å². The van der Waals surface area contributed by atoms with Gasteiger partial charge in [0, 0.05) is 19.8 Å². The topological polar surface area (TPSA) is 55.6 Å². The van der Waals surface area contributed by atoms with Gasteiger partial charge in [0.05, 0.1) is 11.9 Å². The number of aromatic nitrogens is 4. The molecule has 0 aromatic carbocycles. The van der Waals surface area contributed by atoms with Crippen LogP contribution in [0.5, 0.6) is 0 Å². The maximum Gasteiger partial charge on any atom is 0.223 e. The average molecular weight is 235 g/mol. The van der Waals surface area contributed by atoms with Gasteiger partial charge in [0.25, 0.3) is 0 Å². The third-order valence-electron chi connectivity index (χ3n) is 2.36. The van der Waals surface area contributed by atoms with Crippen molar-refractivity contribution >= 4 is 5.95 Å². The summed E-state index contributed by atoms with van der Waals surface area (Å²) in [7, 11) is 1.69. The second-order valence-electron chi connectivity index (χ2n) is 3.58. The predicted molar refractivity (Wildman–Crippen MR) is 63.0 cm³/mol. The first-order valence-corrected chi connectivity index (χ1v) is 5.48. The Bertz CT molecular complexity index is 508. The van der Waals surface area contributed by atoms with E-state index in [4.69, 9.17) is 0 Å². The molecule has 2 heterocycles. The van der Waals surface area contributed by atoms with Crippen LogP contribution in [0.3, 0.4) is 0 Å². The Morgan fingerprint density at radius 3 is 3.00 bits per heavy atom. The Kier molecular flexibility index (Phi) is 3.32. The predicted octanol–water partition coefficient (Wildman–Crippen LogP) is 1.93. The van der Waals surface area contributed by atoms with Gasteiger partial charge >= 0.3 is 0 Å². The maximum atomic E-state index is 13.7. The summed E-state index contributed by atoms with van der Waals surface area (Å²) in [5, 5.41) is 6.94. The summed E-state index contributed by atoms with van der Waals surface area (Å²) in [6, 6.07) is 1.75. The van der Waals surface area contributed by atoms with Crippen molar-refractivity contribution in [3.05, 3.63) is 24.3 Å². The zero-order valence-electron chi connectivity index (χ0n) is 9.81. The van der Waals surface area contributed by atoms with Crippen molar-refractivity contribution in [2.24, 2.45) is 0 Å². The van der Waals surface area contributed by atoms with E-state index >= 15 is 0 Å². The number of hydrogen-bond donors (Lipinski definition) is 1. The molecule has 2 aromatic heterocycles. The van der Waals surface area contributed by atoms with Gasteiger partial charge in [-0.2, -0.15) is 5.10 Å². The van der Waals surface area contributed by atoms with Crippen molar-refractivity contribution in [3.8, 4) is 11.4 Å². The zero-order chi connectivity index (χ0) is 12.3. The highest BCUT2D eigenvalue weighted by Crippen LogP contribution is 2.20. The first-order valence-electron chi connectivity index (χ1n) is 5.48. The fourth-order valence-corrected chi connectivity index (χ4v) is 1.59. The average Bonchev–Trinajstić information content (AvgIpc) is 2.78. The maximum absolute atomic E-state index is 13.7. The highest BCUT2D eigenvalue weighted by Gasteiger charge is 2.13. The molecule has 17 heavy (non-hydrogen) atoms. The minimum Gasteiger partial charge on any atom is -0.357 e. The fourth-order valence-electron chi connectivity index (χ4n) is 1.59. The van der Waals surface area contributed by atoms with Crippen LogP contribution < -0.4 is 5.32 Å². The molecule has 90 valence electrons. The van der Waals surface area contributed by atoms with E-state index in [2.05, 4.69) is 20.4 Å². The largest absolute Gasteiger partial charge is 0.357 e. The quantitative estimate of drug-likeness (QED) is 0.879. The highest BCUT2D eigenvalue weighted by molar-refractivity contribution is 5.56. The Morgan fingerprint density at radius 1 is 1.47 bits per heavy atom. The van der Waals surface area contributed by atoms with Crippen LogP contribution >= 0.6 is 0 Å². The van der Waals surface area contributed by atoms with E-state index < -0.39 is 5.82 Å². The van der Waals surface area contributed by atoms with Crippen LogP contribution in [0.15, 0.2) is 18.5 Å². The van der Waals surface area contributed by atoms with E-state index in [-0.39, 0.29) is 5.69 Å². The molecule has 0 amide bonds. The van der Waals surface area contributed by atoms with Crippen LogP contribution in [0.25, 0.3) is 11.4 Å². The molecule has 0 atom stereocenters. The number of halogens is 1. The van der Waals surface area contributed by atoms with Crippen LogP contribution in [-0.4, -0.2) is 26.8 Å². The molecule has 0 fully saturated rings. The highest BCUT2D eigenvalue weighted by atomic mass is 19.1. The smallest absolute Gasteiger partial charge is 0.223 e. The molecule has 1 N–H and O–H groups in total. The van der Waals surface area contributed by atoms with E-state index in [1.54, 1.807) is 24.0 Å². The van der Waals surface area contributed by atoms with Crippen molar-refractivity contribution in [2.45, 2.75) is 19.9 Å². The third kappa shape index (κ3) is 2.25. The second kappa shape index (κ2) is 4.90. The van der Waals surface area contributed by atoms with Gasteiger partial charge in [-0.25, -0.2) is 14.4 Å². The molecule has 0 aliphatic rings. The van der Waals surface area contributed by atoms with Crippen molar-refractivity contribution < 1.29 is 4.39 Å². The Morgan fingerprint density at radius 2 is 2.29 bits per heavy atom. The molecule has 0 spiro atoms. The van der Waals surface area contributed by atoms with Crippen LogP contribution in [0, 0.1) is 5.82 Å². The minimum atomic E-state index is -0.443. The molecule has 0 saturated heterocycles. The minimum absolute atomic E-state index is 0.273. The standard InChI is InChI=1S/C11H14FN5/c1-3-6-17-9(4-5-15-17)10-8(12)7-14-11(13-2)16-10/h4-5,7H,3,6H2,1-2H3,(H,13,14,16). The van der Waals surface area contributed by atoms with E-state index in [1.165, 1.54) is 0 Å². The molecule has 2 aromatic rings. The molecule has 0 radical (unpaired) electrons. The van der Waals surface area contributed by atoms with Crippen LogP contribution in [0.2, 0.25) is 0 Å².